The Labute approximate surface area is 338 Å². The van der Waals surface area contributed by atoms with E-state index in [1.54, 1.807) is 0 Å². The van der Waals surface area contributed by atoms with Gasteiger partial charge in [-0.15, -0.1) is 0 Å². The minimum absolute atomic E-state index is 0.144. The molecule has 321 valence electrons. The van der Waals surface area contributed by atoms with E-state index < -0.39 is 39.1 Å². The second-order valence-corrected chi connectivity index (χ2v) is 27.6. The van der Waals surface area contributed by atoms with Gasteiger partial charge in [0, 0.05) is 0 Å². The molecule has 0 bridgehead atoms. The number of carbonyl (C=O) groups is 4. The van der Waals surface area contributed by atoms with Crippen LogP contribution in [0.1, 0.15) is 235 Å². The van der Waals surface area contributed by atoms with Crippen molar-refractivity contribution in [3.8, 4) is 0 Å². The van der Waals surface area contributed by atoms with E-state index >= 15 is 3.32 Å². The molecule has 0 aromatic rings. The van der Waals surface area contributed by atoms with Crippen LogP contribution in [0.15, 0.2) is 24.3 Å². The average molecular weight is 812 g/mol. The molecule has 0 saturated heterocycles. The van der Waals surface area contributed by atoms with Crippen molar-refractivity contribution in [3.05, 3.63) is 24.3 Å². The van der Waals surface area contributed by atoms with Gasteiger partial charge in [-0.1, -0.05) is 66.2 Å². The third-order valence-electron chi connectivity index (χ3n) is 11.8. The van der Waals surface area contributed by atoms with Crippen molar-refractivity contribution in [1.29, 1.82) is 0 Å². The van der Waals surface area contributed by atoms with Gasteiger partial charge in [0.15, 0.2) is 0 Å². The Balaban J connectivity index is 5.40. The maximum absolute atomic E-state index is 16.1. The zero-order valence-corrected chi connectivity index (χ0v) is 38.9. The van der Waals surface area contributed by atoms with Gasteiger partial charge >= 0.3 is 262 Å². The van der Waals surface area contributed by atoms with Crippen LogP contribution in [0, 0.1) is 11.8 Å². The third kappa shape index (κ3) is 18.6. The van der Waals surface area contributed by atoms with E-state index in [2.05, 4.69) is 40.9 Å². The van der Waals surface area contributed by atoms with Gasteiger partial charge in [0.1, 0.15) is 0 Å². The first-order valence-corrected chi connectivity index (χ1v) is 27.2. The van der Waals surface area contributed by atoms with Crippen molar-refractivity contribution in [2.45, 2.75) is 239 Å². The summed E-state index contributed by atoms with van der Waals surface area (Å²) in [6.45, 7) is 21.8. The summed E-state index contributed by atoms with van der Waals surface area (Å²) in [6.07, 6.45) is 28.0. The van der Waals surface area contributed by atoms with Crippen molar-refractivity contribution in [3.63, 3.8) is 0 Å². The van der Waals surface area contributed by atoms with Crippen molar-refractivity contribution in [1.82, 2.24) is 0 Å². The van der Waals surface area contributed by atoms with Crippen LogP contribution in [-0.2, 0) is 43.9 Å². The second-order valence-electron chi connectivity index (χ2n) is 18.3. The first-order valence-electron chi connectivity index (χ1n) is 22.8. The molecule has 8 heteroatoms. The average Bonchev–Trinajstić information content (AvgIpc) is 3.11. The van der Waals surface area contributed by atoms with Crippen LogP contribution in [0.3, 0.4) is 0 Å². The van der Waals surface area contributed by atoms with Gasteiger partial charge in [-0.2, -0.15) is 0 Å². The summed E-state index contributed by atoms with van der Waals surface area (Å²) >= 11 is -8.14. The van der Waals surface area contributed by atoms with E-state index in [1.165, 1.54) is 130 Å². The summed E-state index contributed by atoms with van der Waals surface area (Å²) in [4.78, 5) is 55.6. The standard InChI is InChI=1S/2C18H35O.2C4H6O2.C3H7.O.Ti/c2*1-18(2)16-14-12-10-8-6-4-3-5-7-9-11-13-15-17-19;2*1-3(2)4(5)6;1-3-2;;/h2*18H,3-16H2,1-2H3;2*1H2,2H3,(H,5,6);3H,1-2H3;;/q;;;;;;+2/p-2. The van der Waals surface area contributed by atoms with Crippen LogP contribution in [0.25, 0.3) is 0 Å². The van der Waals surface area contributed by atoms with Gasteiger partial charge < -0.3 is 0 Å². The molecule has 0 rings (SSSR count). The molecule has 0 amide bonds. The fourth-order valence-electron chi connectivity index (χ4n) is 7.69. The fraction of sp³-hybridized carbons (Fsp3) is 0.830. The molecule has 0 aliphatic carbocycles. The van der Waals surface area contributed by atoms with E-state index in [-0.39, 0.29) is 24.0 Å². The minimum atomic E-state index is -8.14. The maximum atomic E-state index is 16.1. The SMILES string of the molecule is C=C(C)C(=O)[O][Ti](=[O])([O]C(=O)C(=C)C)([C](=O)CCCCCCCCCCCCCCC(C)C)([C](=O)CCCCCCCCCCCCCCC(C)C)[CH](C)C. The summed E-state index contributed by atoms with van der Waals surface area (Å²) in [5, 5.41) is 0. The molecule has 0 N–H and O–H groups in total. The molecule has 0 aliphatic heterocycles. The third-order valence-corrected chi connectivity index (χ3v) is 22.7. The van der Waals surface area contributed by atoms with Crippen LogP contribution < -0.4 is 0 Å². The number of unbranched alkanes of at least 4 members (excludes halogenated alkanes) is 22. The number of hydrogen-bond donors (Lipinski definition) is 0. The molecule has 0 aromatic carbocycles. The van der Waals surface area contributed by atoms with E-state index in [9.17, 15) is 19.2 Å². The Morgan fingerprint density at radius 2 is 0.636 bits per heavy atom. The van der Waals surface area contributed by atoms with Crippen LogP contribution in [0.4, 0.5) is 0 Å². The molecule has 0 saturated carbocycles. The monoisotopic (exact) mass is 812 g/mol. The van der Waals surface area contributed by atoms with E-state index in [1.807, 2.05) is 0 Å². The number of hydrogen-bond acceptors (Lipinski definition) is 7. The quantitative estimate of drug-likeness (QED) is 0.0349. The van der Waals surface area contributed by atoms with Crippen molar-refractivity contribution >= 4 is 20.1 Å². The molecule has 0 unspecified atom stereocenters. The van der Waals surface area contributed by atoms with Crippen LogP contribution in [0.2, 0.25) is 4.22 Å². The summed E-state index contributed by atoms with van der Waals surface area (Å²) in [6, 6.07) is 0. The second kappa shape index (κ2) is 27.8. The summed E-state index contributed by atoms with van der Waals surface area (Å²) in [7, 11) is 0. The van der Waals surface area contributed by atoms with E-state index in [0.29, 0.717) is 25.7 Å². The molecule has 0 aromatic heterocycles. The van der Waals surface area contributed by atoms with Gasteiger partial charge in [0.25, 0.3) is 0 Å². The van der Waals surface area contributed by atoms with Gasteiger partial charge in [0.2, 0.25) is 0 Å². The Hall–Kier alpha value is -1.73. The van der Waals surface area contributed by atoms with Crippen LogP contribution >= 0.6 is 0 Å². The summed E-state index contributed by atoms with van der Waals surface area (Å²) in [5.41, 5.74) is -0.288. The topological polar surface area (TPSA) is 104 Å². The van der Waals surface area contributed by atoms with Gasteiger partial charge in [-0.25, -0.2) is 0 Å². The Morgan fingerprint density at radius 3 is 0.836 bits per heavy atom. The van der Waals surface area contributed by atoms with Crippen LogP contribution in [-0.4, -0.2) is 20.1 Å². The number of carbonyl (C=O) groups excluding carboxylic acids is 4. The first-order chi connectivity index (χ1) is 25.9. The van der Waals surface area contributed by atoms with Crippen molar-refractivity contribution in [2.75, 3.05) is 0 Å². The van der Waals surface area contributed by atoms with Gasteiger partial charge in [-0.3, -0.25) is 0 Å². The molecule has 0 radical (unpaired) electrons. The molecule has 0 heterocycles. The predicted octanol–water partition coefficient (Wildman–Crippen LogP) is 14.7. The van der Waals surface area contributed by atoms with E-state index in [4.69, 9.17) is 6.64 Å². The predicted molar refractivity (Wildman–Crippen MR) is 227 cm³/mol. The van der Waals surface area contributed by atoms with Gasteiger partial charge in [-0.05, 0) is 11.8 Å². The van der Waals surface area contributed by atoms with Crippen LogP contribution in [0.5, 0.6) is 0 Å². The molecule has 0 fully saturated rings. The molecular weight excluding hydrogens is 724 g/mol. The summed E-state index contributed by atoms with van der Waals surface area (Å²) in [5.74, 6) is -0.767. The zero-order chi connectivity index (χ0) is 41.8. The molecular formula is C47H87O7Ti. The van der Waals surface area contributed by atoms with E-state index in [0.717, 1.165) is 50.4 Å². The molecule has 0 atom stereocenters. The Morgan fingerprint density at radius 1 is 0.418 bits per heavy atom. The summed E-state index contributed by atoms with van der Waals surface area (Å²) < 4.78 is 24.0. The van der Waals surface area contributed by atoms with Crippen molar-refractivity contribution < 1.29 is 43.9 Å². The Bertz CT molecular complexity index is 1170. The molecule has 0 aliphatic rings. The van der Waals surface area contributed by atoms with Gasteiger partial charge in [0.05, 0.1) is 0 Å². The first kappa shape index (κ1) is 53.3. The molecule has 7 nitrogen and oxygen atoms in total. The fourth-order valence-corrected chi connectivity index (χ4v) is 16.0. The molecule has 55 heavy (non-hydrogen) atoms. The number of rotatable bonds is 37. The Kier molecular flexibility index (Phi) is 27.0. The zero-order valence-electron chi connectivity index (χ0n) is 37.3. The van der Waals surface area contributed by atoms with Crippen molar-refractivity contribution in [2.24, 2.45) is 11.8 Å². The normalized spacial score (nSPS) is 13.1. The molecule has 0 spiro atoms.